The van der Waals surface area contributed by atoms with Crippen LogP contribution >= 0.6 is 0 Å². The van der Waals surface area contributed by atoms with Crippen molar-refractivity contribution in [3.63, 3.8) is 0 Å². The number of carbonyl (C=O) groups excluding carboxylic acids is 1. The summed E-state index contributed by atoms with van der Waals surface area (Å²) in [5.41, 5.74) is 0.772. The Labute approximate surface area is 162 Å². The lowest BCUT2D eigenvalue weighted by molar-refractivity contribution is -0.154. The highest BCUT2D eigenvalue weighted by Crippen LogP contribution is 2.49. The van der Waals surface area contributed by atoms with Gasteiger partial charge in [-0.05, 0) is 31.7 Å². The molecule has 150 valence electrons. The zero-order chi connectivity index (χ0) is 19.4. The van der Waals surface area contributed by atoms with Crippen molar-refractivity contribution in [1.82, 2.24) is 5.32 Å². The van der Waals surface area contributed by atoms with Crippen molar-refractivity contribution in [2.24, 2.45) is 11.8 Å². The maximum atomic E-state index is 12.5. The Morgan fingerprint density at radius 1 is 1.30 bits per heavy atom. The molecule has 1 saturated heterocycles. The number of nitrogens with one attached hydrogen (secondary N) is 1. The average molecular weight is 376 g/mol. The van der Waals surface area contributed by atoms with Crippen LogP contribution in [0.5, 0.6) is 5.75 Å². The fourth-order valence-corrected chi connectivity index (χ4v) is 4.84. The van der Waals surface area contributed by atoms with Gasteiger partial charge in [-0.1, -0.05) is 31.5 Å². The fraction of sp³-hybridized carbons (Fsp3) is 0.682. The van der Waals surface area contributed by atoms with Crippen LogP contribution in [0.3, 0.4) is 0 Å². The third-order valence-electron chi connectivity index (χ3n) is 6.26. The van der Waals surface area contributed by atoms with Gasteiger partial charge in [0.15, 0.2) is 0 Å². The van der Waals surface area contributed by atoms with Gasteiger partial charge in [0.1, 0.15) is 5.75 Å². The van der Waals surface area contributed by atoms with E-state index in [-0.39, 0.29) is 23.7 Å². The number of para-hydroxylation sites is 1. The van der Waals surface area contributed by atoms with E-state index in [2.05, 4.69) is 25.2 Å². The molecule has 0 aromatic heterocycles. The molecular formula is C22H33NO4. The molecule has 1 aromatic rings. The highest BCUT2D eigenvalue weighted by molar-refractivity contribution is 5.77. The minimum atomic E-state index is -0.292. The molecule has 1 aromatic carbocycles. The minimum Gasteiger partial charge on any atom is -0.496 e. The van der Waals surface area contributed by atoms with Crippen molar-refractivity contribution >= 4 is 5.91 Å². The van der Waals surface area contributed by atoms with Gasteiger partial charge in [-0.25, -0.2) is 0 Å². The van der Waals surface area contributed by atoms with E-state index in [1.165, 1.54) is 6.42 Å². The number of rotatable bonds is 6. The lowest BCUT2D eigenvalue weighted by Crippen LogP contribution is -2.60. The largest absolute Gasteiger partial charge is 0.496 e. The Balaban J connectivity index is 1.86. The molecule has 3 rings (SSSR count). The van der Waals surface area contributed by atoms with Crippen LogP contribution in [0.25, 0.3) is 0 Å². The topological polar surface area (TPSA) is 56.8 Å². The molecule has 27 heavy (non-hydrogen) atoms. The molecule has 2 aliphatic rings. The van der Waals surface area contributed by atoms with Gasteiger partial charge < -0.3 is 19.5 Å². The molecule has 5 nitrogen and oxygen atoms in total. The molecule has 5 atom stereocenters. The molecule has 1 N–H and O–H groups in total. The van der Waals surface area contributed by atoms with E-state index in [1.54, 1.807) is 14.2 Å². The lowest BCUT2D eigenvalue weighted by atomic mass is 9.66. The molecule has 0 radical (unpaired) electrons. The van der Waals surface area contributed by atoms with Crippen LogP contribution < -0.4 is 10.1 Å². The highest BCUT2D eigenvalue weighted by atomic mass is 16.5. The monoisotopic (exact) mass is 375 g/mol. The van der Waals surface area contributed by atoms with Crippen molar-refractivity contribution < 1.29 is 19.0 Å². The zero-order valence-electron chi connectivity index (χ0n) is 17.0. The van der Waals surface area contributed by atoms with E-state index < -0.39 is 0 Å². The molecule has 0 bridgehead atoms. The SMILES string of the molecule is COCCC(=O)N[C@@]1(C)C[C@H](c2ccccc2OC)O[C@@H]2C[C@H](C)CC[C@H]21. The lowest BCUT2D eigenvalue weighted by Gasteiger charge is -2.52. The fourth-order valence-electron chi connectivity index (χ4n) is 4.84. The molecule has 0 unspecified atom stereocenters. The number of amides is 1. The summed E-state index contributed by atoms with van der Waals surface area (Å²) in [4.78, 5) is 12.5. The van der Waals surface area contributed by atoms with Crippen LogP contribution in [-0.2, 0) is 14.3 Å². The summed E-state index contributed by atoms with van der Waals surface area (Å²) in [5.74, 6) is 1.89. The highest BCUT2D eigenvalue weighted by Gasteiger charge is 2.49. The van der Waals surface area contributed by atoms with Gasteiger partial charge in [0, 0.05) is 37.0 Å². The first-order valence-electron chi connectivity index (χ1n) is 10.0. The Morgan fingerprint density at radius 3 is 2.81 bits per heavy atom. The Bertz CT molecular complexity index is 649. The van der Waals surface area contributed by atoms with Crippen molar-refractivity contribution in [1.29, 1.82) is 0 Å². The molecule has 1 aliphatic heterocycles. The van der Waals surface area contributed by atoms with Crippen molar-refractivity contribution in [2.45, 2.75) is 63.7 Å². The third-order valence-corrected chi connectivity index (χ3v) is 6.26. The number of methoxy groups -OCH3 is 2. The van der Waals surface area contributed by atoms with Crippen LogP contribution in [0.4, 0.5) is 0 Å². The maximum absolute atomic E-state index is 12.5. The Kier molecular flexibility index (Phi) is 6.43. The normalized spacial score (nSPS) is 33.2. The quantitative estimate of drug-likeness (QED) is 0.820. The second-order valence-corrected chi connectivity index (χ2v) is 8.34. The average Bonchev–Trinajstić information content (AvgIpc) is 2.65. The smallest absolute Gasteiger partial charge is 0.222 e. The van der Waals surface area contributed by atoms with Crippen molar-refractivity contribution in [2.75, 3.05) is 20.8 Å². The molecule has 1 amide bonds. The van der Waals surface area contributed by atoms with Crippen LogP contribution in [0, 0.1) is 11.8 Å². The predicted octanol–water partition coefficient (Wildman–Crippen LogP) is 3.87. The summed E-state index contributed by atoms with van der Waals surface area (Å²) in [5, 5.41) is 3.34. The first kappa shape index (κ1) is 20.2. The number of ether oxygens (including phenoxy) is 3. The Morgan fingerprint density at radius 2 is 2.07 bits per heavy atom. The van der Waals surface area contributed by atoms with Gasteiger partial charge in [0.05, 0.1) is 25.9 Å². The van der Waals surface area contributed by atoms with Crippen LogP contribution in [0.2, 0.25) is 0 Å². The second kappa shape index (κ2) is 8.61. The predicted molar refractivity (Wildman–Crippen MR) is 105 cm³/mol. The van der Waals surface area contributed by atoms with E-state index in [1.807, 2.05) is 18.2 Å². The first-order chi connectivity index (χ1) is 13.0. The molecule has 2 fully saturated rings. The standard InChI is InChI=1S/C22H33NO4/c1-15-9-10-17-19(13-15)27-20(16-7-5-6-8-18(16)26-4)14-22(17,2)23-21(24)11-12-25-3/h5-8,15,17,19-20H,9-14H2,1-4H3,(H,23,24)/t15-,17-,19-,20-,22+/m1/s1. The Hall–Kier alpha value is -1.59. The van der Waals surface area contributed by atoms with Gasteiger partial charge >= 0.3 is 0 Å². The molecule has 5 heteroatoms. The molecule has 1 aliphatic carbocycles. The molecular weight excluding hydrogens is 342 g/mol. The van der Waals surface area contributed by atoms with Crippen LogP contribution in [-0.4, -0.2) is 38.4 Å². The number of hydrogen-bond donors (Lipinski definition) is 1. The van der Waals surface area contributed by atoms with Crippen LogP contribution in [0.1, 0.15) is 57.6 Å². The summed E-state index contributed by atoms with van der Waals surface area (Å²) in [6.45, 7) is 4.93. The summed E-state index contributed by atoms with van der Waals surface area (Å²) >= 11 is 0. The van der Waals surface area contributed by atoms with Gasteiger partial charge in [-0.15, -0.1) is 0 Å². The van der Waals surface area contributed by atoms with E-state index in [4.69, 9.17) is 14.2 Å². The number of fused-ring (bicyclic) bond motifs is 1. The van der Waals surface area contributed by atoms with E-state index in [0.717, 1.165) is 30.6 Å². The summed E-state index contributed by atoms with van der Waals surface area (Å²) in [6, 6.07) is 8.04. The number of hydrogen-bond acceptors (Lipinski definition) is 4. The number of carbonyl (C=O) groups is 1. The molecule has 1 saturated carbocycles. The number of benzene rings is 1. The summed E-state index contributed by atoms with van der Waals surface area (Å²) in [7, 11) is 3.32. The zero-order valence-corrected chi connectivity index (χ0v) is 17.0. The van der Waals surface area contributed by atoms with Crippen LogP contribution in [0.15, 0.2) is 24.3 Å². The van der Waals surface area contributed by atoms with Gasteiger partial charge in [-0.2, -0.15) is 0 Å². The van der Waals surface area contributed by atoms with Gasteiger partial charge in [0.25, 0.3) is 0 Å². The van der Waals surface area contributed by atoms with Crippen molar-refractivity contribution in [3.05, 3.63) is 29.8 Å². The first-order valence-corrected chi connectivity index (χ1v) is 10.0. The summed E-state index contributed by atoms with van der Waals surface area (Å²) < 4.78 is 17.2. The van der Waals surface area contributed by atoms with Gasteiger partial charge in [0.2, 0.25) is 5.91 Å². The third kappa shape index (κ3) is 4.46. The van der Waals surface area contributed by atoms with Gasteiger partial charge in [-0.3, -0.25) is 4.79 Å². The minimum absolute atomic E-state index is 0.0531. The van der Waals surface area contributed by atoms with E-state index in [0.29, 0.717) is 24.9 Å². The van der Waals surface area contributed by atoms with E-state index in [9.17, 15) is 4.79 Å². The second-order valence-electron chi connectivity index (χ2n) is 8.34. The summed E-state index contributed by atoms with van der Waals surface area (Å²) in [6.07, 6.45) is 4.53. The molecule has 0 spiro atoms. The van der Waals surface area contributed by atoms with Crippen molar-refractivity contribution in [3.8, 4) is 5.75 Å². The maximum Gasteiger partial charge on any atom is 0.222 e. The van der Waals surface area contributed by atoms with E-state index >= 15 is 0 Å². The molecule has 1 heterocycles.